The first-order valence-electron chi connectivity index (χ1n) is 12.5. The van der Waals surface area contributed by atoms with Crippen molar-refractivity contribution in [3.8, 4) is 5.75 Å². The van der Waals surface area contributed by atoms with Crippen molar-refractivity contribution in [2.24, 2.45) is 0 Å². The Bertz CT molecular complexity index is 1600. The van der Waals surface area contributed by atoms with Crippen LogP contribution in [0.4, 0.5) is 11.5 Å². The summed E-state index contributed by atoms with van der Waals surface area (Å²) < 4.78 is 10.2. The largest absolute Gasteiger partial charge is 0.497 e. The van der Waals surface area contributed by atoms with Crippen molar-refractivity contribution in [3.05, 3.63) is 106 Å². The summed E-state index contributed by atoms with van der Waals surface area (Å²) in [6.07, 6.45) is 4.42. The normalized spacial score (nSPS) is 11.3. The molecule has 42 heavy (non-hydrogen) atoms. The highest BCUT2D eigenvalue weighted by atomic mass is 35.5. The van der Waals surface area contributed by atoms with Crippen LogP contribution in [0.5, 0.6) is 5.75 Å². The Kier molecular flexibility index (Phi) is 9.89. The van der Waals surface area contributed by atoms with Crippen molar-refractivity contribution in [2.75, 3.05) is 25.3 Å². The fraction of sp³-hybridized carbons (Fsp3) is 0.172. The SMILES string of the molecule is COC(=O)[C@@H](Cc1ccccn1)N(Cc1ccc(C(=O)Nc2cc(OC)ccn2)c(Cl)c1)C(=O)c1ncc(Cl)cc1N. The Morgan fingerprint density at radius 1 is 1.00 bits per heavy atom. The molecule has 13 heteroatoms. The lowest BCUT2D eigenvalue weighted by Crippen LogP contribution is -2.47. The van der Waals surface area contributed by atoms with Crippen molar-refractivity contribution >= 4 is 52.5 Å². The molecule has 0 saturated heterocycles. The molecule has 3 aromatic heterocycles. The number of rotatable bonds is 10. The zero-order chi connectivity index (χ0) is 30.2. The van der Waals surface area contributed by atoms with E-state index in [1.165, 1.54) is 49.7 Å². The molecule has 0 aliphatic carbocycles. The van der Waals surface area contributed by atoms with Crippen molar-refractivity contribution in [1.29, 1.82) is 0 Å². The van der Waals surface area contributed by atoms with Crippen LogP contribution in [0, 0.1) is 0 Å². The van der Waals surface area contributed by atoms with E-state index in [0.717, 1.165) is 0 Å². The highest BCUT2D eigenvalue weighted by Crippen LogP contribution is 2.25. The maximum Gasteiger partial charge on any atom is 0.329 e. The lowest BCUT2D eigenvalue weighted by Gasteiger charge is -2.30. The van der Waals surface area contributed by atoms with Gasteiger partial charge in [0.05, 0.1) is 35.5 Å². The summed E-state index contributed by atoms with van der Waals surface area (Å²) in [5.41, 5.74) is 7.26. The van der Waals surface area contributed by atoms with Gasteiger partial charge in [-0.2, -0.15) is 0 Å². The van der Waals surface area contributed by atoms with Crippen molar-refractivity contribution in [2.45, 2.75) is 19.0 Å². The first-order chi connectivity index (χ1) is 20.2. The Labute approximate surface area is 251 Å². The van der Waals surface area contributed by atoms with Crippen LogP contribution in [-0.2, 0) is 22.5 Å². The zero-order valence-electron chi connectivity index (χ0n) is 22.6. The van der Waals surface area contributed by atoms with Crippen molar-refractivity contribution in [1.82, 2.24) is 19.9 Å². The molecule has 0 fully saturated rings. The number of hydrogen-bond acceptors (Lipinski definition) is 9. The second kappa shape index (κ2) is 13.7. The number of nitrogens with two attached hydrogens (primary N) is 1. The van der Waals surface area contributed by atoms with Crippen LogP contribution in [0.25, 0.3) is 0 Å². The molecule has 4 aromatic rings. The second-order valence-electron chi connectivity index (χ2n) is 8.94. The maximum absolute atomic E-state index is 13.8. The third kappa shape index (κ3) is 7.31. The molecular weight excluding hydrogens is 583 g/mol. The highest BCUT2D eigenvalue weighted by Gasteiger charge is 2.34. The van der Waals surface area contributed by atoms with Gasteiger partial charge in [-0.1, -0.05) is 35.3 Å². The van der Waals surface area contributed by atoms with Gasteiger partial charge >= 0.3 is 5.97 Å². The molecule has 0 spiro atoms. The number of carbonyl (C=O) groups is 3. The number of methoxy groups -OCH3 is 2. The van der Waals surface area contributed by atoms with E-state index >= 15 is 0 Å². The minimum Gasteiger partial charge on any atom is -0.497 e. The molecule has 1 aromatic carbocycles. The van der Waals surface area contributed by atoms with Gasteiger partial charge in [0.25, 0.3) is 11.8 Å². The molecule has 4 rings (SSSR count). The number of nitrogen functional groups attached to an aromatic ring is 1. The molecule has 0 aliphatic rings. The van der Waals surface area contributed by atoms with Crippen molar-refractivity contribution in [3.63, 3.8) is 0 Å². The van der Waals surface area contributed by atoms with E-state index in [1.54, 1.807) is 42.6 Å². The molecule has 0 bridgehead atoms. The molecule has 3 heterocycles. The van der Waals surface area contributed by atoms with E-state index in [9.17, 15) is 14.4 Å². The first-order valence-corrected chi connectivity index (χ1v) is 13.2. The summed E-state index contributed by atoms with van der Waals surface area (Å²) in [6, 6.07) is 13.4. The number of nitrogens with one attached hydrogen (secondary N) is 1. The van der Waals surface area contributed by atoms with Gasteiger partial charge < -0.3 is 25.4 Å². The van der Waals surface area contributed by atoms with E-state index in [2.05, 4.69) is 20.3 Å². The van der Waals surface area contributed by atoms with Gasteiger partial charge in [0.15, 0.2) is 5.69 Å². The Hall–Kier alpha value is -4.74. The van der Waals surface area contributed by atoms with Gasteiger partial charge in [0.1, 0.15) is 17.6 Å². The lowest BCUT2D eigenvalue weighted by atomic mass is 10.0. The van der Waals surface area contributed by atoms with E-state index in [1.807, 2.05) is 0 Å². The van der Waals surface area contributed by atoms with Crippen LogP contribution in [0.1, 0.15) is 32.1 Å². The Balaban J connectivity index is 1.67. The molecule has 216 valence electrons. The minimum absolute atomic E-state index is 0.0372. The van der Waals surface area contributed by atoms with Crippen LogP contribution < -0.4 is 15.8 Å². The second-order valence-corrected chi connectivity index (χ2v) is 9.78. The maximum atomic E-state index is 13.8. The lowest BCUT2D eigenvalue weighted by molar-refractivity contribution is -0.146. The van der Waals surface area contributed by atoms with Crippen LogP contribution >= 0.6 is 23.2 Å². The number of amides is 2. The first kappa shape index (κ1) is 30.2. The number of ether oxygens (including phenoxy) is 2. The number of pyridine rings is 3. The fourth-order valence-electron chi connectivity index (χ4n) is 4.09. The van der Waals surface area contributed by atoms with Gasteiger partial charge in [-0.05, 0) is 42.0 Å². The number of aromatic nitrogens is 3. The average molecular weight is 609 g/mol. The molecule has 0 aliphatic heterocycles. The molecular formula is C29H26Cl2N6O5. The third-order valence-corrected chi connectivity index (χ3v) is 6.68. The minimum atomic E-state index is -1.10. The van der Waals surface area contributed by atoms with Gasteiger partial charge in [0, 0.05) is 43.3 Å². The average Bonchev–Trinajstić information content (AvgIpc) is 2.98. The predicted octanol–water partition coefficient (Wildman–Crippen LogP) is 4.45. The van der Waals surface area contributed by atoms with Crippen LogP contribution in [0.15, 0.2) is 73.2 Å². The van der Waals surface area contributed by atoms with E-state index in [-0.39, 0.29) is 45.8 Å². The molecule has 0 saturated carbocycles. The standard InChI is InChI=1S/C29H26Cl2N6O5/c1-41-20-8-10-34-25(14-20)36-27(38)21-7-6-17(11-22(21)31)16-37(28(39)26-23(32)12-18(30)15-35-26)24(29(40)42-2)13-19-5-3-4-9-33-19/h3-12,14-15,24H,13,16,32H2,1-2H3,(H,34,36,38)/t24-/m1/s1. The molecule has 1 atom stereocenters. The summed E-state index contributed by atoms with van der Waals surface area (Å²) >= 11 is 12.5. The number of nitrogens with zero attached hydrogens (tertiary/aromatic N) is 4. The highest BCUT2D eigenvalue weighted by molar-refractivity contribution is 6.34. The number of carbonyl (C=O) groups excluding carboxylic acids is 3. The number of anilines is 2. The summed E-state index contributed by atoms with van der Waals surface area (Å²) in [5, 5.41) is 3.04. The number of esters is 1. The molecule has 2 amide bonds. The Morgan fingerprint density at radius 2 is 1.81 bits per heavy atom. The van der Waals surface area contributed by atoms with E-state index in [0.29, 0.717) is 17.0 Å². The van der Waals surface area contributed by atoms with Crippen molar-refractivity contribution < 1.29 is 23.9 Å². The summed E-state index contributed by atoms with van der Waals surface area (Å²) in [7, 11) is 2.73. The monoisotopic (exact) mass is 608 g/mol. The Morgan fingerprint density at radius 3 is 2.48 bits per heavy atom. The van der Waals surface area contributed by atoms with Gasteiger partial charge in [-0.25, -0.2) is 14.8 Å². The third-order valence-electron chi connectivity index (χ3n) is 6.17. The molecule has 0 unspecified atom stereocenters. The zero-order valence-corrected chi connectivity index (χ0v) is 24.1. The van der Waals surface area contributed by atoms with Gasteiger partial charge in [-0.3, -0.25) is 14.6 Å². The van der Waals surface area contributed by atoms with Crippen LogP contribution in [-0.4, -0.2) is 57.9 Å². The number of halogens is 2. The molecule has 11 nitrogen and oxygen atoms in total. The van der Waals surface area contributed by atoms with E-state index in [4.69, 9.17) is 38.4 Å². The van der Waals surface area contributed by atoms with Gasteiger partial charge in [0.2, 0.25) is 0 Å². The summed E-state index contributed by atoms with van der Waals surface area (Å²) in [4.78, 5) is 53.6. The summed E-state index contributed by atoms with van der Waals surface area (Å²) in [6.45, 7) is -0.103. The number of benzene rings is 1. The van der Waals surface area contributed by atoms with E-state index < -0.39 is 23.8 Å². The molecule has 0 radical (unpaired) electrons. The van der Waals surface area contributed by atoms with Crippen LogP contribution in [0.2, 0.25) is 10.0 Å². The smallest absolute Gasteiger partial charge is 0.329 e. The topological polar surface area (TPSA) is 150 Å². The fourth-order valence-corrected chi connectivity index (χ4v) is 4.55. The predicted molar refractivity (Wildman–Crippen MR) is 157 cm³/mol. The number of hydrogen-bond donors (Lipinski definition) is 2. The van der Waals surface area contributed by atoms with Crippen LogP contribution in [0.3, 0.4) is 0 Å². The summed E-state index contributed by atoms with van der Waals surface area (Å²) in [5.74, 6) is -1.01. The quantitative estimate of drug-likeness (QED) is 0.249. The van der Waals surface area contributed by atoms with Gasteiger partial charge in [-0.15, -0.1) is 0 Å². The molecule has 3 N–H and O–H groups in total.